The van der Waals surface area contributed by atoms with Gasteiger partial charge in [0.1, 0.15) is 6.04 Å². The summed E-state index contributed by atoms with van der Waals surface area (Å²) in [5.74, 6) is -1.92. The molecule has 4 nitrogen and oxygen atoms in total. The molecule has 0 saturated carbocycles. The molecule has 0 amide bonds. The number of nitrogens with two attached hydrogens (primary N) is 1. The van der Waals surface area contributed by atoms with Crippen molar-refractivity contribution in [2.24, 2.45) is 5.73 Å². The zero-order valence-corrected chi connectivity index (χ0v) is 13.5. The van der Waals surface area contributed by atoms with Crippen LogP contribution in [-0.2, 0) is 20.7 Å². The Morgan fingerprint density at radius 1 is 1.04 bits per heavy atom. The number of benzene rings is 2. The Hall–Kier alpha value is -2.17. The molecule has 0 aliphatic carbocycles. The van der Waals surface area contributed by atoms with E-state index >= 15 is 0 Å². The highest BCUT2D eigenvalue weighted by Crippen LogP contribution is 2.19. The van der Waals surface area contributed by atoms with E-state index in [1.54, 1.807) is 31.2 Å². The molecule has 0 spiro atoms. The van der Waals surface area contributed by atoms with Crippen molar-refractivity contribution in [3.63, 3.8) is 0 Å². The van der Waals surface area contributed by atoms with E-state index in [0.29, 0.717) is 11.4 Å². The molecule has 2 aromatic carbocycles. The van der Waals surface area contributed by atoms with Gasteiger partial charge < -0.3 is 10.5 Å². The topological polar surface area (TPSA) is 69.4 Å². The maximum atomic E-state index is 12.1. The van der Waals surface area contributed by atoms with Gasteiger partial charge in [-0.1, -0.05) is 54.1 Å². The van der Waals surface area contributed by atoms with E-state index < -0.39 is 23.9 Å². The molecule has 0 bridgehead atoms. The quantitative estimate of drug-likeness (QED) is 0.675. The number of carbonyl (C=O) groups excluding carboxylic acids is 2. The average molecular weight is 332 g/mol. The van der Waals surface area contributed by atoms with Crippen molar-refractivity contribution in [2.75, 3.05) is 0 Å². The maximum Gasteiger partial charge on any atom is 0.330 e. The van der Waals surface area contributed by atoms with Crippen LogP contribution in [0.4, 0.5) is 0 Å². The lowest BCUT2D eigenvalue weighted by Gasteiger charge is -2.14. The minimum Gasteiger partial charge on any atom is -0.392 e. The molecule has 5 heteroatoms. The van der Waals surface area contributed by atoms with E-state index in [1.807, 2.05) is 30.3 Å². The zero-order valence-electron chi connectivity index (χ0n) is 12.7. The third-order valence-corrected chi connectivity index (χ3v) is 3.78. The number of halogens is 1. The Balaban J connectivity index is 1.93. The molecule has 2 atom stereocenters. The molecular formula is C18H18ClNO3. The van der Waals surface area contributed by atoms with Crippen molar-refractivity contribution < 1.29 is 14.3 Å². The summed E-state index contributed by atoms with van der Waals surface area (Å²) in [6.07, 6.45) is 0.322. The average Bonchev–Trinajstić information content (AvgIpc) is 2.55. The first-order valence-electron chi connectivity index (χ1n) is 7.28. The lowest BCUT2D eigenvalue weighted by atomic mass is 10.0. The van der Waals surface area contributed by atoms with Gasteiger partial charge >= 0.3 is 11.9 Å². The van der Waals surface area contributed by atoms with Crippen LogP contribution in [0.2, 0.25) is 5.02 Å². The van der Waals surface area contributed by atoms with Gasteiger partial charge in [0.05, 0.1) is 5.92 Å². The first-order valence-corrected chi connectivity index (χ1v) is 7.65. The minimum atomic E-state index is -0.876. The summed E-state index contributed by atoms with van der Waals surface area (Å²) >= 11 is 5.81. The third kappa shape index (κ3) is 4.91. The van der Waals surface area contributed by atoms with E-state index in [4.69, 9.17) is 22.1 Å². The summed E-state index contributed by atoms with van der Waals surface area (Å²) in [4.78, 5) is 24.0. The minimum absolute atomic E-state index is 0.322. The number of rotatable bonds is 5. The van der Waals surface area contributed by atoms with Gasteiger partial charge in [0.15, 0.2) is 0 Å². The largest absolute Gasteiger partial charge is 0.392 e. The van der Waals surface area contributed by atoms with Crippen LogP contribution in [0.15, 0.2) is 54.6 Å². The van der Waals surface area contributed by atoms with Gasteiger partial charge in [-0.3, -0.25) is 4.79 Å². The second-order valence-corrected chi connectivity index (χ2v) is 5.75. The summed E-state index contributed by atoms with van der Waals surface area (Å²) in [5.41, 5.74) is 7.45. The normalized spacial score (nSPS) is 13.2. The summed E-state index contributed by atoms with van der Waals surface area (Å²) < 4.78 is 4.89. The fourth-order valence-corrected chi connectivity index (χ4v) is 2.23. The van der Waals surface area contributed by atoms with Crippen molar-refractivity contribution in [2.45, 2.75) is 25.3 Å². The molecule has 2 N–H and O–H groups in total. The van der Waals surface area contributed by atoms with Crippen LogP contribution in [0, 0.1) is 0 Å². The highest BCUT2D eigenvalue weighted by Gasteiger charge is 2.24. The summed E-state index contributed by atoms with van der Waals surface area (Å²) in [6, 6.07) is 15.3. The fourth-order valence-electron chi connectivity index (χ4n) is 2.10. The van der Waals surface area contributed by atoms with Crippen molar-refractivity contribution in [3.05, 3.63) is 70.7 Å². The monoisotopic (exact) mass is 331 g/mol. The van der Waals surface area contributed by atoms with Crippen LogP contribution in [0.1, 0.15) is 24.0 Å². The summed E-state index contributed by atoms with van der Waals surface area (Å²) in [6.45, 7) is 1.67. The summed E-state index contributed by atoms with van der Waals surface area (Å²) in [5, 5.41) is 0.579. The molecule has 120 valence electrons. The van der Waals surface area contributed by atoms with Gasteiger partial charge in [-0.15, -0.1) is 0 Å². The predicted octanol–water partition coefficient (Wildman–Crippen LogP) is 3.08. The van der Waals surface area contributed by atoms with E-state index in [9.17, 15) is 9.59 Å². The number of hydrogen-bond acceptors (Lipinski definition) is 4. The molecule has 0 saturated heterocycles. The van der Waals surface area contributed by atoms with E-state index in [-0.39, 0.29) is 0 Å². The van der Waals surface area contributed by atoms with Crippen molar-refractivity contribution in [3.8, 4) is 0 Å². The van der Waals surface area contributed by atoms with Crippen LogP contribution in [-0.4, -0.2) is 18.0 Å². The Morgan fingerprint density at radius 3 is 2.26 bits per heavy atom. The molecule has 23 heavy (non-hydrogen) atoms. The Labute approximate surface area is 140 Å². The lowest BCUT2D eigenvalue weighted by Crippen LogP contribution is -2.36. The van der Waals surface area contributed by atoms with Gasteiger partial charge in [-0.05, 0) is 36.6 Å². The van der Waals surface area contributed by atoms with E-state index in [0.717, 1.165) is 11.1 Å². The zero-order chi connectivity index (χ0) is 16.8. The maximum absolute atomic E-state index is 12.1. The van der Waals surface area contributed by atoms with Gasteiger partial charge in [0, 0.05) is 5.02 Å². The van der Waals surface area contributed by atoms with Crippen LogP contribution >= 0.6 is 11.6 Å². The van der Waals surface area contributed by atoms with Crippen LogP contribution in [0.5, 0.6) is 0 Å². The molecule has 1 unspecified atom stereocenters. The van der Waals surface area contributed by atoms with Gasteiger partial charge in [0.25, 0.3) is 0 Å². The SMILES string of the molecule is CC(C(=O)OC(=O)[C@H](N)Cc1ccccc1)c1ccc(Cl)cc1. The molecule has 0 fully saturated rings. The first kappa shape index (κ1) is 17.2. The molecule has 2 aromatic rings. The first-order chi connectivity index (χ1) is 11.0. The van der Waals surface area contributed by atoms with Crippen molar-refractivity contribution in [1.29, 1.82) is 0 Å². The van der Waals surface area contributed by atoms with Crippen LogP contribution in [0.3, 0.4) is 0 Å². The van der Waals surface area contributed by atoms with E-state index in [2.05, 4.69) is 0 Å². The van der Waals surface area contributed by atoms with Gasteiger partial charge in [0.2, 0.25) is 0 Å². The predicted molar refractivity (Wildman–Crippen MR) is 89.1 cm³/mol. The number of carbonyl (C=O) groups is 2. The number of esters is 2. The van der Waals surface area contributed by atoms with Gasteiger partial charge in [-0.2, -0.15) is 0 Å². The van der Waals surface area contributed by atoms with Crippen molar-refractivity contribution >= 4 is 23.5 Å². The molecule has 2 rings (SSSR count). The standard InChI is InChI=1S/C18H18ClNO3/c1-12(14-7-9-15(19)10-8-14)17(21)23-18(22)16(20)11-13-5-3-2-4-6-13/h2-10,12,16H,11,20H2,1H3/t12?,16-/m1/s1. The Kier molecular flexibility index (Phi) is 5.90. The second-order valence-electron chi connectivity index (χ2n) is 5.31. The lowest BCUT2D eigenvalue weighted by molar-refractivity contribution is -0.161. The third-order valence-electron chi connectivity index (χ3n) is 3.53. The molecule has 0 aromatic heterocycles. The molecule has 0 radical (unpaired) electrons. The fraction of sp³-hybridized carbons (Fsp3) is 0.222. The molecule has 0 aliphatic heterocycles. The van der Waals surface area contributed by atoms with Crippen LogP contribution < -0.4 is 5.73 Å². The smallest absolute Gasteiger partial charge is 0.330 e. The Bertz CT molecular complexity index is 670. The molecule has 0 aliphatic rings. The highest BCUT2D eigenvalue weighted by molar-refractivity contribution is 6.30. The summed E-state index contributed by atoms with van der Waals surface area (Å²) in [7, 11) is 0. The van der Waals surface area contributed by atoms with E-state index in [1.165, 1.54) is 0 Å². The Morgan fingerprint density at radius 2 is 1.65 bits per heavy atom. The van der Waals surface area contributed by atoms with Gasteiger partial charge in [-0.25, -0.2) is 4.79 Å². The molecular weight excluding hydrogens is 314 g/mol. The highest BCUT2D eigenvalue weighted by atomic mass is 35.5. The number of ether oxygens (including phenoxy) is 1. The van der Waals surface area contributed by atoms with Crippen LogP contribution in [0.25, 0.3) is 0 Å². The number of hydrogen-bond donors (Lipinski definition) is 1. The van der Waals surface area contributed by atoms with Crippen molar-refractivity contribution in [1.82, 2.24) is 0 Å². The molecule has 0 heterocycles. The second kappa shape index (κ2) is 7.90.